The summed E-state index contributed by atoms with van der Waals surface area (Å²) < 4.78 is 12.7. The van der Waals surface area contributed by atoms with Crippen molar-refractivity contribution in [3.63, 3.8) is 0 Å². The van der Waals surface area contributed by atoms with E-state index in [0.29, 0.717) is 23.5 Å². The Morgan fingerprint density at radius 3 is 2.69 bits per heavy atom. The molecule has 3 aliphatic rings. The Hall–Kier alpha value is -0.453. The highest BCUT2D eigenvalue weighted by atomic mass is 28.4. The topological polar surface area (TPSA) is 35.5 Å². The molecule has 26 heavy (non-hydrogen) atoms. The maximum atomic E-state index is 12.4. The lowest BCUT2D eigenvalue weighted by Crippen LogP contribution is -2.40. The van der Waals surface area contributed by atoms with E-state index < -0.39 is 8.32 Å². The van der Waals surface area contributed by atoms with Crippen LogP contribution in [0.15, 0.2) is 12.2 Å². The molecular weight excluding hydrogens is 340 g/mol. The lowest BCUT2D eigenvalue weighted by atomic mass is 9.62. The number of hydrogen-bond donors (Lipinski definition) is 0. The van der Waals surface area contributed by atoms with Gasteiger partial charge < -0.3 is 9.16 Å². The van der Waals surface area contributed by atoms with Crippen LogP contribution in [0.5, 0.6) is 0 Å². The standard InChI is InChI=1S/C22H38O3Si/c1-16(18-9-10-19-20(23)8-7-12-22(18,19)3)15-24-17-11-13-21(2,14-17)25-26(4,5)6/h11,13,16-19H,7-10,12,14-15H2,1-6H3/t16-,17+,18+,19?,21-,22-/m0/s1. The minimum Gasteiger partial charge on any atom is -0.409 e. The SMILES string of the molecule is C[C@@H](CO[C@@H]1C=C[C@](C)(O[Si](C)(C)C)C1)[C@H]1CCC2C(=O)CCC[C@]21C. The molecule has 1 unspecified atom stereocenters. The molecule has 0 radical (unpaired) electrons. The van der Waals surface area contributed by atoms with E-state index in [0.717, 1.165) is 32.3 Å². The van der Waals surface area contributed by atoms with Crippen molar-refractivity contribution in [2.75, 3.05) is 6.61 Å². The molecule has 0 N–H and O–H groups in total. The summed E-state index contributed by atoms with van der Waals surface area (Å²) in [7, 11) is -1.56. The average molecular weight is 379 g/mol. The van der Waals surface area contributed by atoms with Gasteiger partial charge >= 0.3 is 0 Å². The average Bonchev–Trinajstić information content (AvgIpc) is 3.04. The molecule has 2 fully saturated rings. The van der Waals surface area contributed by atoms with E-state index in [1.54, 1.807) is 0 Å². The summed E-state index contributed by atoms with van der Waals surface area (Å²) in [5.74, 6) is 1.96. The van der Waals surface area contributed by atoms with Crippen molar-refractivity contribution < 1.29 is 14.0 Å². The smallest absolute Gasteiger partial charge is 0.184 e. The van der Waals surface area contributed by atoms with E-state index >= 15 is 0 Å². The van der Waals surface area contributed by atoms with E-state index in [1.165, 1.54) is 12.8 Å². The summed E-state index contributed by atoms with van der Waals surface area (Å²) in [6, 6.07) is 0. The van der Waals surface area contributed by atoms with Gasteiger partial charge in [0.15, 0.2) is 8.32 Å². The van der Waals surface area contributed by atoms with Crippen molar-refractivity contribution in [3.8, 4) is 0 Å². The second kappa shape index (κ2) is 7.18. The maximum Gasteiger partial charge on any atom is 0.184 e. The van der Waals surface area contributed by atoms with Gasteiger partial charge in [-0.05, 0) is 69.5 Å². The summed E-state index contributed by atoms with van der Waals surface area (Å²) in [5.41, 5.74) is 0.0394. The molecule has 3 rings (SSSR count). The van der Waals surface area contributed by atoms with Crippen LogP contribution in [0.3, 0.4) is 0 Å². The third kappa shape index (κ3) is 4.17. The number of rotatable bonds is 6. The molecule has 0 aromatic carbocycles. The van der Waals surface area contributed by atoms with Crippen molar-refractivity contribution in [1.82, 2.24) is 0 Å². The predicted octanol–water partition coefficient (Wildman–Crippen LogP) is 5.36. The molecule has 2 saturated carbocycles. The highest BCUT2D eigenvalue weighted by Crippen LogP contribution is 2.56. The summed E-state index contributed by atoms with van der Waals surface area (Å²) in [5, 5.41) is 0. The van der Waals surface area contributed by atoms with Crippen LogP contribution >= 0.6 is 0 Å². The summed E-state index contributed by atoms with van der Waals surface area (Å²) >= 11 is 0. The van der Waals surface area contributed by atoms with Crippen molar-refractivity contribution in [3.05, 3.63) is 12.2 Å². The van der Waals surface area contributed by atoms with Gasteiger partial charge in [-0.3, -0.25) is 4.79 Å². The van der Waals surface area contributed by atoms with Crippen LogP contribution in [-0.4, -0.2) is 32.4 Å². The minimum atomic E-state index is -1.56. The molecule has 6 atom stereocenters. The van der Waals surface area contributed by atoms with E-state index in [2.05, 4.69) is 52.6 Å². The molecule has 148 valence electrons. The molecule has 0 aromatic heterocycles. The fraction of sp³-hybridized carbons (Fsp3) is 0.864. The Labute approximate surface area is 161 Å². The summed E-state index contributed by atoms with van der Waals surface area (Å²) in [4.78, 5) is 12.4. The van der Waals surface area contributed by atoms with Crippen LogP contribution in [0.4, 0.5) is 0 Å². The van der Waals surface area contributed by atoms with Crippen molar-refractivity contribution >= 4 is 14.1 Å². The predicted molar refractivity (Wildman–Crippen MR) is 109 cm³/mol. The monoisotopic (exact) mass is 378 g/mol. The first-order chi connectivity index (χ1) is 12.0. The fourth-order valence-electron chi connectivity index (χ4n) is 6.03. The Morgan fingerprint density at radius 2 is 2.00 bits per heavy atom. The molecule has 3 nitrogen and oxygen atoms in total. The number of carbonyl (C=O) groups is 1. The molecule has 0 amide bonds. The second-order valence-corrected chi connectivity index (χ2v) is 14.9. The number of hydrogen-bond acceptors (Lipinski definition) is 3. The third-order valence-corrected chi connectivity index (χ3v) is 8.08. The Balaban J connectivity index is 1.53. The number of Topliss-reactive ketones (excluding diaryl/α,β-unsaturated/α-hetero) is 1. The van der Waals surface area contributed by atoms with Crippen LogP contribution in [0.1, 0.15) is 59.3 Å². The van der Waals surface area contributed by atoms with Gasteiger partial charge in [0.2, 0.25) is 0 Å². The van der Waals surface area contributed by atoms with Crippen molar-refractivity contribution in [2.24, 2.45) is 23.2 Å². The van der Waals surface area contributed by atoms with Gasteiger partial charge in [-0.15, -0.1) is 0 Å². The van der Waals surface area contributed by atoms with Gasteiger partial charge in [-0.25, -0.2) is 0 Å². The highest BCUT2D eigenvalue weighted by Gasteiger charge is 2.52. The maximum absolute atomic E-state index is 12.4. The number of ketones is 1. The normalized spacial score (nSPS) is 41.5. The van der Waals surface area contributed by atoms with Crippen LogP contribution in [0.2, 0.25) is 19.6 Å². The first kappa shape index (κ1) is 20.3. The molecule has 0 saturated heterocycles. The van der Waals surface area contributed by atoms with E-state index in [-0.39, 0.29) is 17.1 Å². The zero-order valence-corrected chi connectivity index (χ0v) is 18.6. The van der Waals surface area contributed by atoms with E-state index in [1.807, 2.05) is 0 Å². The molecule has 0 spiro atoms. The van der Waals surface area contributed by atoms with Crippen LogP contribution in [0.25, 0.3) is 0 Å². The van der Waals surface area contributed by atoms with Gasteiger partial charge in [0.1, 0.15) is 5.78 Å². The van der Waals surface area contributed by atoms with Gasteiger partial charge in [-0.2, -0.15) is 0 Å². The first-order valence-electron chi connectivity index (χ1n) is 10.6. The number of fused-ring (bicyclic) bond motifs is 1. The summed E-state index contributed by atoms with van der Waals surface area (Å²) in [6.07, 6.45) is 10.9. The second-order valence-electron chi connectivity index (χ2n) is 10.5. The lowest BCUT2D eigenvalue weighted by molar-refractivity contribution is -0.130. The van der Waals surface area contributed by atoms with Gasteiger partial charge in [0.05, 0.1) is 18.3 Å². The Bertz CT molecular complexity index is 566. The highest BCUT2D eigenvalue weighted by molar-refractivity contribution is 6.69. The molecule has 0 heterocycles. The van der Waals surface area contributed by atoms with Gasteiger partial charge in [0, 0.05) is 18.8 Å². The summed E-state index contributed by atoms with van der Waals surface area (Å²) in [6.45, 7) is 14.4. The van der Waals surface area contributed by atoms with E-state index in [4.69, 9.17) is 9.16 Å². The third-order valence-electron chi connectivity index (χ3n) is 7.01. The quantitative estimate of drug-likeness (QED) is 0.461. The van der Waals surface area contributed by atoms with Crippen LogP contribution in [0, 0.1) is 23.2 Å². The van der Waals surface area contributed by atoms with E-state index in [9.17, 15) is 4.79 Å². The van der Waals surface area contributed by atoms with Gasteiger partial charge in [0.25, 0.3) is 0 Å². The number of ether oxygens (including phenoxy) is 1. The lowest BCUT2D eigenvalue weighted by Gasteiger charge is -2.42. The van der Waals surface area contributed by atoms with Gasteiger partial charge in [-0.1, -0.05) is 26.0 Å². The Morgan fingerprint density at radius 1 is 1.27 bits per heavy atom. The largest absolute Gasteiger partial charge is 0.409 e. The zero-order valence-electron chi connectivity index (χ0n) is 17.6. The molecule has 4 heteroatoms. The van der Waals surface area contributed by atoms with Crippen LogP contribution in [-0.2, 0) is 14.0 Å². The number of carbonyl (C=O) groups excluding carboxylic acids is 1. The molecular formula is C22H38O3Si. The Kier molecular flexibility index (Phi) is 5.60. The van der Waals surface area contributed by atoms with Crippen molar-refractivity contribution in [1.29, 1.82) is 0 Å². The first-order valence-corrected chi connectivity index (χ1v) is 14.0. The van der Waals surface area contributed by atoms with Crippen LogP contribution < -0.4 is 0 Å². The molecule has 0 aromatic rings. The van der Waals surface area contributed by atoms with Crippen molar-refractivity contribution in [2.45, 2.75) is 90.6 Å². The fourth-order valence-corrected chi connectivity index (χ4v) is 7.58. The molecule has 0 bridgehead atoms. The molecule has 3 aliphatic carbocycles. The molecule has 0 aliphatic heterocycles. The minimum absolute atomic E-state index is 0.164. The zero-order chi connectivity index (χ0) is 19.2.